The van der Waals surface area contributed by atoms with E-state index in [-0.39, 0.29) is 0 Å². The SMILES string of the molecule is CN=C(NC1C2CCOC2C12CCCC2)N1CCN(c2ccccc2OC)CC1. The molecular formula is C23H34N4O2. The molecular weight excluding hydrogens is 364 g/mol. The lowest BCUT2D eigenvalue weighted by Crippen LogP contribution is -2.70. The third-order valence-electron chi connectivity index (χ3n) is 7.79. The predicted molar refractivity (Wildman–Crippen MR) is 116 cm³/mol. The van der Waals surface area contributed by atoms with Gasteiger partial charge in [0.25, 0.3) is 0 Å². The fourth-order valence-electron chi connectivity index (χ4n) is 6.39. The maximum absolute atomic E-state index is 6.15. The van der Waals surface area contributed by atoms with E-state index in [1.165, 1.54) is 37.8 Å². The van der Waals surface area contributed by atoms with Crippen LogP contribution in [-0.2, 0) is 4.74 Å². The molecule has 1 N–H and O–H groups in total. The van der Waals surface area contributed by atoms with Crippen molar-refractivity contribution in [3.63, 3.8) is 0 Å². The van der Waals surface area contributed by atoms with Gasteiger partial charge in [0.2, 0.25) is 0 Å². The highest BCUT2D eigenvalue weighted by Gasteiger charge is 2.65. The van der Waals surface area contributed by atoms with Crippen LogP contribution < -0.4 is 15.0 Å². The minimum atomic E-state index is 0.357. The number of guanidine groups is 1. The molecule has 2 aliphatic heterocycles. The van der Waals surface area contributed by atoms with Gasteiger partial charge in [-0.15, -0.1) is 0 Å². The number of nitrogens with one attached hydrogen (secondary N) is 1. The van der Waals surface area contributed by atoms with Crippen LogP contribution in [0.5, 0.6) is 5.75 Å². The zero-order chi connectivity index (χ0) is 19.8. The standard InChI is InChI=1S/C23H34N4O2/c1-24-22(25-20-17-9-16-29-21(17)23(20)10-5-6-11-23)27-14-12-26(13-15-27)18-7-3-4-8-19(18)28-2/h3-4,7-8,17,20-21H,5-6,9-16H2,1-2H3,(H,24,25). The summed E-state index contributed by atoms with van der Waals surface area (Å²) in [4.78, 5) is 9.53. The number of piperazine rings is 1. The Bertz CT molecular complexity index is 753. The smallest absolute Gasteiger partial charge is 0.194 e. The first-order valence-corrected chi connectivity index (χ1v) is 11.2. The molecule has 4 aliphatic rings. The van der Waals surface area contributed by atoms with Gasteiger partial charge < -0.3 is 24.6 Å². The molecule has 1 aromatic rings. The highest BCUT2D eigenvalue weighted by Crippen LogP contribution is 2.60. The second-order valence-corrected chi connectivity index (χ2v) is 9.00. The Morgan fingerprint density at radius 3 is 2.66 bits per heavy atom. The van der Waals surface area contributed by atoms with E-state index < -0.39 is 0 Å². The molecule has 0 amide bonds. The molecule has 1 spiro atoms. The molecule has 29 heavy (non-hydrogen) atoms. The van der Waals surface area contributed by atoms with E-state index in [0.717, 1.165) is 44.5 Å². The van der Waals surface area contributed by atoms with Crippen molar-refractivity contribution in [1.29, 1.82) is 0 Å². The van der Waals surface area contributed by atoms with Crippen molar-refractivity contribution < 1.29 is 9.47 Å². The summed E-state index contributed by atoms with van der Waals surface area (Å²) >= 11 is 0. The van der Waals surface area contributed by atoms with Gasteiger partial charge >= 0.3 is 0 Å². The van der Waals surface area contributed by atoms with E-state index in [2.05, 4.69) is 32.2 Å². The molecule has 2 saturated heterocycles. The molecule has 6 heteroatoms. The van der Waals surface area contributed by atoms with Gasteiger partial charge in [0.1, 0.15) is 5.75 Å². The summed E-state index contributed by atoms with van der Waals surface area (Å²) in [5.74, 6) is 2.69. The van der Waals surface area contributed by atoms with Gasteiger partial charge in [-0.05, 0) is 31.4 Å². The van der Waals surface area contributed by atoms with Crippen LogP contribution in [0, 0.1) is 11.3 Å². The molecule has 0 radical (unpaired) electrons. The number of methoxy groups -OCH3 is 1. The molecule has 0 aromatic heterocycles. The molecule has 5 rings (SSSR count). The lowest BCUT2D eigenvalue weighted by atomic mass is 9.54. The molecule has 3 unspecified atom stereocenters. The predicted octanol–water partition coefficient (Wildman–Crippen LogP) is 2.74. The Morgan fingerprint density at radius 2 is 1.93 bits per heavy atom. The van der Waals surface area contributed by atoms with E-state index in [1.807, 2.05) is 19.2 Å². The number of hydrogen-bond acceptors (Lipinski definition) is 4. The number of hydrogen-bond donors (Lipinski definition) is 1. The molecule has 158 valence electrons. The average Bonchev–Trinajstić information content (AvgIpc) is 3.44. The number of aliphatic imine (C=N–C) groups is 1. The molecule has 3 atom stereocenters. The largest absolute Gasteiger partial charge is 0.495 e. The van der Waals surface area contributed by atoms with Gasteiger partial charge in [-0.1, -0.05) is 25.0 Å². The van der Waals surface area contributed by atoms with Crippen LogP contribution in [-0.4, -0.2) is 69.9 Å². The average molecular weight is 399 g/mol. The van der Waals surface area contributed by atoms with Crippen LogP contribution in [0.4, 0.5) is 5.69 Å². The lowest BCUT2D eigenvalue weighted by molar-refractivity contribution is -0.125. The second-order valence-electron chi connectivity index (χ2n) is 9.00. The maximum atomic E-state index is 6.15. The Balaban J connectivity index is 1.24. The minimum absolute atomic E-state index is 0.357. The summed E-state index contributed by atoms with van der Waals surface area (Å²) in [6.07, 6.45) is 7.00. The first-order valence-electron chi connectivity index (χ1n) is 11.2. The first kappa shape index (κ1) is 19.0. The summed E-state index contributed by atoms with van der Waals surface area (Å²) in [6.45, 7) is 4.84. The Hall–Kier alpha value is -1.95. The molecule has 0 bridgehead atoms. The summed E-state index contributed by atoms with van der Waals surface area (Å²) in [5.41, 5.74) is 1.54. The molecule has 1 aromatic carbocycles. The first-order chi connectivity index (χ1) is 14.3. The van der Waals surface area contributed by atoms with Crippen molar-refractivity contribution in [1.82, 2.24) is 10.2 Å². The van der Waals surface area contributed by atoms with E-state index in [4.69, 9.17) is 9.47 Å². The fourth-order valence-corrected chi connectivity index (χ4v) is 6.39. The second kappa shape index (κ2) is 7.71. The Kier molecular flexibility index (Phi) is 5.06. The number of fused-ring (bicyclic) bond motifs is 2. The van der Waals surface area contributed by atoms with Crippen LogP contribution >= 0.6 is 0 Å². The monoisotopic (exact) mass is 398 g/mol. The van der Waals surface area contributed by atoms with E-state index in [9.17, 15) is 0 Å². The highest BCUT2D eigenvalue weighted by atomic mass is 16.5. The number of nitrogens with zero attached hydrogens (tertiary/aromatic N) is 3. The van der Waals surface area contributed by atoms with Crippen LogP contribution in [0.2, 0.25) is 0 Å². The summed E-state index contributed by atoms with van der Waals surface area (Å²) in [5, 5.41) is 3.91. The summed E-state index contributed by atoms with van der Waals surface area (Å²) < 4.78 is 11.7. The number of para-hydroxylation sites is 2. The maximum Gasteiger partial charge on any atom is 0.194 e. The number of benzene rings is 1. The van der Waals surface area contributed by atoms with Crippen molar-refractivity contribution >= 4 is 11.6 Å². The van der Waals surface area contributed by atoms with Gasteiger partial charge in [-0.25, -0.2) is 0 Å². The van der Waals surface area contributed by atoms with Crippen LogP contribution in [0.25, 0.3) is 0 Å². The van der Waals surface area contributed by atoms with Crippen LogP contribution in [0.1, 0.15) is 32.1 Å². The highest BCUT2D eigenvalue weighted by molar-refractivity contribution is 5.81. The van der Waals surface area contributed by atoms with Gasteiger partial charge in [0.05, 0.1) is 18.9 Å². The number of rotatable bonds is 3. The van der Waals surface area contributed by atoms with E-state index in [0.29, 0.717) is 23.5 Å². The zero-order valence-corrected chi connectivity index (χ0v) is 17.8. The molecule has 6 nitrogen and oxygen atoms in total. The topological polar surface area (TPSA) is 49.3 Å². The van der Waals surface area contributed by atoms with Crippen molar-refractivity contribution in [2.45, 2.75) is 44.2 Å². The Morgan fingerprint density at radius 1 is 1.17 bits per heavy atom. The molecule has 4 fully saturated rings. The molecule has 2 saturated carbocycles. The number of anilines is 1. The van der Waals surface area contributed by atoms with Crippen molar-refractivity contribution in [3.8, 4) is 5.75 Å². The van der Waals surface area contributed by atoms with Gasteiger partial charge in [-0.3, -0.25) is 4.99 Å². The van der Waals surface area contributed by atoms with Crippen molar-refractivity contribution in [3.05, 3.63) is 24.3 Å². The van der Waals surface area contributed by atoms with E-state index >= 15 is 0 Å². The number of ether oxygens (including phenoxy) is 2. The van der Waals surface area contributed by atoms with Crippen molar-refractivity contribution in [2.75, 3.05) is 51.8 Å². The van der Waals surface area contributed by atoms with Crippen molar-refractivity contribution in [2.24, 2.45) is 16.3 Å². The zero-order valence-electron chi connectivity index (χ0n) is 17.8. The quantitative estimate of drug-likeness (QED) is 0.627. The normalized spacial score (nSPS) is 31.0. The third-order valence-corrected chi connectivity index (χ3v) is 7.79. The minimum Gasteiger partial charge on any atom is -0.495 e. The lowest BCUT2D eigenvalue weighted by Gasteiger charge is -2.57. The van der Waals surface area contributed by atoms with E-state index in [1.54, 1.807) is 7.11 Å². The fraction of sp³-hybridized carbons (Fsp3) is 0.696. The van der Waals surface area contributed by atoms with Crippen LogP contribution in [0.3, 0.4) is 0 Å². The van der Waals surface area contributed by atoms with Gasteiger partial charge in [0, 0.05) is 57.2 Å². The van der Waals surface area contributed by atoms with Gasteiger partial charge in [-0.2, -0.15) is 0 Å². The Labute approximate surface area is 174 Å². The summed E-state index contributed by atoms with van der Waals surface area (Å²) in [7, 11) is 3.68. The third kappa shape index (κ3) is 3.07. The summed E-state index contributed by atoms with van der Waals surface area (Å²) in [6, 6.07) is 8.84. The molecule has 2 heterocycles. The molecule has 2 aliphatic carbocycles. The van der Waals surface area contributed by atoms with Gasteiger partial charge in [0.15, 0.2) is 5.96 Å². The van der Waals surface area contributed by atoms with Crippen LogP contribution in [0.15, 0.2) is 29.3 Å².